The number of nitrogens with zero attached hydrogens (tertiary/aromatic N) is 5. The Kier molecular flexibility index (Phi) is 6.50. The van der Waals surface area contributed by atoms with Crippen LogP contribution in [0.5, 0.6) is 11.5 Å². The normalized spacial score (nSPS) is 18.4. The second-order valence-corrected chi connectivity index (χ2v) is 8.71. The van der Waals surface area contributed by atoms with E-state index in [4.69, 9.17) is 19.4 Å². The van der Waals surface area contributed by atoms with Crippen molar-refractivity contribution in [3.05, 3.63) is 40.8 Å². The van der Waals surface area contributed by atoms with Crippen molar-refractivity contribution in [3.8, 4) is 11.5 Å². The first-order chi connectivity index (χ1) is 15.4. The molecule has 1 atom stereocenters. The average molecular weight is 440 g/mol. The Labute approximate surface area is 190 Å². The zero-order valence-electron chi connectivity index (χ0n) is 19.7. The quantitative estimate of drug-likeness (QED) is 0.685. The SMILES string of the molecule is COc1ccc(CN(C)c2nc([C@H]3CCCN3C)nc3c2CN(C(C)=O)CC3)cc1OC. The smallest absolute Gasteiger partial charge is 0.219 e. The van der Waals surface area contributed by atoms with Gasteiger partial charge < -0.3 is 19.3 Å². The van der Waals surface area contributed by atoms with E-state index >= 15 is 0 Å². The Morgan fingerprint density at radius 1 is 1.19 bits per heavy atom. The van der Waals surface area contributed by atoms with E-state index in [9.17, 15) is 4.79 Å². The first kappa shape index (κ1) is 22.3. The summed E-state index contributed by atoms with van der Waals surface area (Å²) >= 11 is 0. The summed E-state index contributed by atoms with van der Waals surface area (Å²) in [5.74, 6) is 3.31. The maximum atomic E-state index is 12.1. The van der Waals surface area contributed by atoms with Crippen molar-refractivity contribution in [3.63, 3.8) is 0 Å². The Hall–Kier alpha value is -2.87. The minimum Gasteiger partial charge on any atom is -0.493 e. The second kappa shape index (κ2) is 9.32. The number of hydrogen-bond donors (Lipinski definition) is 0. The van der Waals surface area contributed by atoms with Crippen molar-refractivity contribution in [1.82, 2.24) is 19.8 Å². The van der Waals surface area contributed by atoms with Crippen molar-refractivity contribution in [2.24, 2.45) is 0 Å². The molecular formula is C24H33N5O3. The van der Waals surface area contributed by atoms with Crippen LogP contribution in [0, 0.1) is 0 Å². The number of carbonyl (C=O) groups is 1. The molecule has 1 amide bonds. The van der Waals surface area contributed by atoms with Crippen LogP contribution in [0.25, 0.3) is 0 Å². The van der Waals surface area contributed by atoms with Crippen LogP contribution in [0.4, 0.5) is 5.82 Å². The molecule has 1 fully saturated rings. The van der Waals surface area contributed by atoms with E-state index in [1.54, 1.807) is 21.1 Å². The van der Waals surface area contributed by atoms with Crippen LogP contribution < -0.4 is 14.4 Å². The Morgan fingerprint density at radius 3 is 2.62 bits per heavy atom. The third-order valence-corrected chi connectivity index (χ3v) is 6.55. The molecule has 2 aliphatic rings. The van der Waals surface area contributed by atoms with Gasteiger partial charge in [0.2, 0.25) is 5.91 Å². The van der Waals surface area contributed by atoms with Crippen LogP contribution in [0.3, 0.4) is 0 Å². The number of anilines is 1. The third kappa shape index (κ3) is 4.37. The number of fused-ring (bicyclic) bond motifs is 1. The lowest BCUT2D eigenvalue weighted by Crippen LogP contribution is -2.37. The van der Waals surface area contributed by atoms with Crippen molar-refractivity contribution in [2.75, 3.05) is 46.3 Å². The summed E-state index contributed by atoms with van der Waals surface area (Å²) in [6.07, 6.45) is 3.00. The second-order valence-electron chi connectivity index (χ2n) is 8.71. The molecule has 3 heterocycles. The lowest BCUT2D eigenvalue weighted by Gasteiger charge is -2.32. The van der Waals surface area contributed by atoms with Crippen molar-refractivity contribution in [2.45, 2.75) is 45.3 Å². The van der Waals surface area contributed by atoms with E-state index in [2.05, 4.69) is 16.8 Å². The lowest BCUT2D eigenvalue weighted by atomic mass is 10.0. The molecule has 1 saturated heterocycles. The first-order valence-electron chi connectivity index (χ1n) is 11.2. The van der Waals surface area contributed by atoms with Gasteiger partial charge in [-0.05, 0) is 44.1 Å². The van der Waals surface area contributed by atoms with Crippen LogP contribution in [0.2, 0.25) is 0 Å². The summed E-state index contributed by atoms with van der Waals surface area (Å²) in [4.78, 5) is 28.5. The van der Waals surface area contributed by atoms with Gasteiger partial charge in [0.25, 0.3) is 0 Å². The van der Waals surface area contributed by atoms with Gasteiger partial charge in [-0.3, -0.25) is 9.69 Å². The topological polar surface area (TPSA) is 71.0 Å². The monoisotopic (exact) mass is 439 g/mol. The molecule has 0 N–H and O–H groups in total. The Balaban J connectivity index is 1.69. The molecule has 8 nitrogen and oxygen atoms in total. The highest BCUT2D eigenvalue weighted by Gasteiger charge is 2.30. The predicted octanol–water partition coefficient (Wildman–Crippen LogP) is 2.80. The van der Waals surface area contributed by atoms with Gasteiger partial charge in [0.05, 0.1) is 32.5 Å². The van der Waals surface area contributed by atoms with Gasteiger partial charge in [0.1, 0.15) is 11.6 Å². The maximum absolute atomic E-state index is 12.1. The predicted molar refractivity (Wildman–Crippen MR) is 123 cm³/mol. The number of methoxy groups -OCH3 is 2. The van der Waals surface area contributed by atoms with E-state index < -0.39 is 0 Å². The van der Waals surface area contributed by atoms with E-state index in [0.717, 1.165) is 54.3 Å². The molecule has 0 radical (unpaired) electrons. The third-order valence-electron chi connectivity index (χ3n) is 6.55. The molecule has 0 aliphatic carbocycles. The summed E-state index contributed by atoms with van der Waals surface area (Å²) in [6, 6.07) is 6.21. The molecule has 2 aromatic rings. The molecule has 4 rings (SSSR count). The molecule has 0 spiro atoms. The van der Waals surface area contributed by atoms with Crippen molar-refractivity contribution >= 4 is 11.7 Å². The molecular weight excluding hydrogens is 406 g/mol. The zero-order valence-corrected chi connectivity index (χ0v) is 19.7. The summed E-state index contributed by atoms with van der Waals surface area (Å²) in [6.45, 7) is 4.61. The Bertz CT molecular complexity index is 996. The molecule has 2 aliphatic heterocycles. The number of ether oxygens (including phenoxy) is 2. The van der Waals surface area contributed by atoms with E-state index in [0.29, 0.717) is 31.1 Å². The number of rotatable bonds is 6. The van der Waals surface area contributed by atoms with Crippen molar-refractivity contribution in [1.29, 1.82) is 0 Å². The fourth-order valence-corrected chi connectivity index (χ4v) is 4.71. The van der Waals surface area contributed by atoms with Gasteiger partial charge in [-0.25, -0.2) is 9.97 Å². The van der Waals surface area contributed by atoms with Gasteiger partial charge in [-0.1, -0.05) is 6.07 Å². The fraction of sp³-hybridized carbons (Fsp3) is 0.542. The van der Waals surface area contributed by atoms with Crippen LogP contribution in [-0.2, 0) is 24.3 Å². The number of likely N-dealkylation sites (tertiary alicyclic amines) is 1. The number of carbonyl (C=O) groups excluding carboxylic acids is 1. The molecule has 172 valence electrons. The fourth-order valence-electron chi connectivity index (χ4n) is 4.71. The molecule has 8 heteroatoms. The molecule has 32 heavy (non-hydrogen) atoms. The van der Waals surface area contributed by atoms with Gasteiger partial charge in [0, 0.05) is 39.0 Å². The summed E-state index contributed by atoms with van der Waals surface area (Å²) in [5, 5.41) is 0. The molecule has 1 aromatic carbocycles. The lowest BCUT2D eigenvalue weighted by molar-refractivity contribution is -0.129. The van der Waals surface area contributed by atoms with E-state index in [1.807, 2.05) is 30.1 Å². The summed E-state index contributed by atoms with van der Waals surface area (Å²) < 4.78 is 10.8. The zero-order chi connectivity index (χ0) is 22.8. The largest absolute Gasteiger partial charge is 0.493 e. The average Bonchev–Trinajstić information content (AvgIpc) is 3.23. The minimum atomic E-state index is 0.0868. The van der Waals surface area contributed by atoms with Crippen LogP contribution in [0.1, 0.15) is 48.5 Å². The highest BCUT2D eigenvalue weighted by Crippen LogP contribution is 2.34. The van der Waals surface area contributed by atoms with Gasteiger partial charge >= 0.3 is 0 Å². The molecule has 1 aromatic heterocycles. The van der Waals surface area contributed by atoms with Gasteiger partial charge in [-0.15, -0.1) is 0 Å². The minimum absolute atomic E-state index is 0.0868. The molecule has 0 saturated carbocycles. The highest BCUT2D eigenvalue weighted by atomic mass is 16.5. The van der Waals surface area contributed by atoms with Crippen LogP contribution >= 0.6 is 0 Å². The number of amides is 1. The van der Waals surface area contributed by atoms with E-state index in [-0.39, 0.29) is 11.9 Å². The summed E-state index contributed by atoms with van der Waals surface area (Å²) in [7, 11) is 7.48. The summed E-state index contributed by atoms with van der Waals surface area (Å²) in [5.41, 5.74) is 3.22. The van der Waals surface area contributed by atoms with Gasteiger partial charge in [-0.2, -0.15) is 0 Å². The van der Waals surface area contributed by atoms with Crippen molar-refractivity contribution < 1.29 is 14.3 Å². The van der Waals surface area contributed by atoms with Crippen LogP contribution in [0.15, 0.2) is 18.2 Å². The first-order valence-corrected chi connectivity index (χ1v) is 11.2. The number of hydrogen-bond acceptors (Lipinski definition) is 7. The van der Waals surface area contributed by atoms with Crippen LogP contribution in [-0.4, -0.2) is 67.1 Å². The number of benzene rings is 1. The van der Waals surface area contributed by atoms with Gasteiger partial charge in [0.15, 0.2) is 11.5 Å². The Morgan fingerprint density at radius 2 is 1.97 bits per heavy atom. The standard InChI is InChI=1S/C24H33N5O3/c1-16(30)29-12-10-19-18(15-29)24(26-23(25-19)20-7-6-11-27(20)2)28(3)14-17-8-9-21(31-4)22(13-17)32-5/h8-9,13,20H,6-7,10-12,14-15H2,1-5H3/t20-/m1/s1. The maximum Gasteiger partial charge on any atom is 0.219 e. The number of aromatic nitrogens is 2. The van der Waals surface area contributed by atoms with E-state index in [1.165, 1.54) is 0 Å². The molecule has 0 unspecified atom stereocenters. The highest BCUT2D eigenvalue weighted by molar-refractivity contribution is 5.74. The molecule has 0 bridgehead atoms.